The maximum absolute atomic E-state index is 14.0. The lowest BCUT2D eigenvalue weighted by Gasteiger charge is -2.38. The van der Waals surface area contributed by atoms with Crippen molar-refractivity contribution in [2.75, 3.05) is 12.0 Å². The molecule has 0 aliphatic carbocycles. The van der Waals surface area contributed by atoms with Gasteiger partial charge in [-0.25, -0.2) is 14.7 Å². The Balaban J connectivity index is 1.88. The summed E-state index contributed by atoms with van der Waals surface area (Å²) in [4.78, 5) is 18.3. The van der Waals surface area contributed by atoms with Gasteiger partial charge in [0.15, 0.2) is 5.17 Å². The number of carbonyl (C=O) groups is 1. The molecule has 1 N–H and O–H groups in total. The Hall–Kier alpha value is -2.68. The number of aliphatic imine (C=N–C) groups is 1. The Morgan fingerprint density at radius 2 is 1.92 bits per heavy atom. The number of urea groups is 1. The Morgan fingerprint density at radius 3 is 2.58 bits per heavy atom. The number of ether oxygens (including phenoxy) is 1. The molecular formula is C17H12F3N3O2S. The number of methoxy groups -OCH3 is 1. The summed E-state index contributed by atoms with van der Waals surface area (Å²) < 4.78 is 47.1. The molecule has 2 aromatic carbocycles. The van der Waals surface area contributed by atoms with E-state index in [1.807, 2.05) is 0 Å². The minimum atomic E-state index is -4.81. The monoisotopic (exact) mass is 379 g/mol. The van der Waals surface area contributed by atoms with Crippen LogP contribution in [0.25, 0.3) is 0 Å². The van der Waals surface area contributed by atoms with Gasteiger partial charge in [-0.15, -0.1) is 0 Å². The van der Waals surface area contributed by atoms with Crippen molar-refractivity contribution in [3.63, 3.8) is 0 Å². The smallest absolute Gasteiger partial charge is 0.436 e. The van der Waals surface area contributed by atoms with Gasteiger partial charge in [-0.2, -0.15) is 13.2 Å². The molecule has 4 rings (SSSR count). The third kappa shape index (κ3) is 2.34. The fraction of sp³-hybridized carbons (Fsp3) is 0.176. The topological polar surface area (TPSA) is 53.9 Å². The number of thioether (sulfide) groups is 1. The van der Waals surface area contributed by atoms with Crippen molar-refractivity contribution in [3.05, 3.63) is 54.1 Å². The van der Waals surface area contributed by atoms with Crippen LogP contribution in [0.3, 0.4) is 0 Å². The summed E-state index contributed by atoms with van der Waals surface area (Å²) in [6.07, 6.45) is -4.81. The van der Waals surface area contributed by atoms with E-state index in [1.165, 1.54) is 31.4 Å². The summed E-state index contributed by atoms with van der Waals surface area (Å²) in [5.74, 6) is 0.544. The minimum absolute atomic E-state index is 0.0295. The number of amidine groups is 1. The van der Waals surface area contributed by atoms with Crippen LogP contribution in [0.15, 0.2) is 58.4 Å². The first-order chi connectivity index (χ1) is 12.4. The SMILES string of the molecule is COc1ccc2c(c1)SC1=N[C@@](c3ccccc3)(C(F)(F)F)NC(=O)N12. The lowest BCUT2D eigenvalue weighted by molar-refractivity contribution is -0.195. The molecule has 134 valence electrons. The highest BCUT2D eigenvalue weighted by atomic mass is 32.2. The van der Waals surface area contributed by atoms with Gasteiger partial charge in [0.25, 0.3) is 5.66 Å². The number of alkyl halides is 3. The molecular weight excluding hydrogens is 367 g/mol. The molecule has 2 amide bonds. The van der Waals surface area contributed by atoms with Gasteiger partial charge in [0.1, 0.15) is 5.75 Å². The first-order valence-corrected chi connectivity index (χ1v) is 8.37. The van der Waals surface area contributed by atoms with Gasteiger partial charge in [0.05, 0.1) is 12.8 Å². The number of benzene rings is 2. The molecule has 2 heterocycles. The molecule has 1 atom stereocenters. The lowest BCUT2D eigenvalue weighted by atomic mass is 9.98. The van der Waals surface area contributed by atoms with Gasteiger partial charge >= 0.3 is 12.2 Å². The zero-order chi connectivity index (χ0) is 18.5. The van der Waals surface area contributed by atoms with E-state index in [0.717, 1.165) is 16.7 Å². The van der Waals surface area contributed by atoms with Gasteiger partial charge in [0, 0.05) is 10.5 Å². The highest BCUT2D eigenvalue weighted by Crippen LogP contribution is 2.49. The number of nitrogens with one attached hydrogen (secondary N) is 1. The number of hydrogen-bond donors (Lipinski definition) is 1. The predicted octanol–water partition coefficient (Wildman–Crippen LogP) is 4.10. The van der Waals surface area contributed by atoms with Crippen LogP contribution in [-0.2, 0) is 5.66 Å². The molecule has 2 aromatic rings. The van der Waals surface area contributed by atoms with Gasteiger partial charge in [0.2, 0.25) is 0 Å². The van der Waals surface area contributed by atoms with Gasteiger partial charge in [-0.3, -0.25) is 0 Å². The number of fused-ring (bicyclic) bond motifs is 3. The highest BCUT2D eigenvalue weighted by molar-refractivity contribution is 8.15. The molecule has 26 heavy (non-hydrogen) atoms. The number of carbonyl (C=O) groups excluding carboxylic acids is 1. The third-order valence-electron chi connectivity index (χ3n) is 4.16. The predicted molar refractivity (Wildman–Crippen MR) is 91.5 cm³/mol. The Bertz CT molecular complexity index is 917. The fourth-order valence-electron chi connectivity index (χ4n) is 2.90. The first kappa shape index (κ1) is 16.8. The lowest BCUT2D eigenvalue weighted by Crippen LogP contribution is -2.62. The third-order valence-corrected chi connectivity index (χ3v) is 5.16. The zero-order valence-corrected chi connectivity index (χ0v) is 14.2. The van der Waals surface area contributed by atoms with Crippen molar-refractivity contribution in [2.24, 2.45) is 4.99 Å². The van der Waals surface area contributed by atoms with Crippen LogP contribution in [-0.4, -0.2) is 24.5 Å². The summed E-state index contributed by atoms with van der Waals surface area (Å²) in [5.41, 5.74) is -2.51. The molecule has 0 bridgehead atoms. The van der Waals surface area contributed by atoms with Crippen LogP contribution >= 0.6 is 11.8 Å². The maximum atomic E-state index is 14.0. The van der Waals surface area contributed by atoms with Crippen molar-refractivity contribution < 1.29 is 22.7 Å². The molecule has 0 spiro atoms. The molecule has 0 radical (unpaired) electrons. The molecule has 0 unspecified atom stereocenters. The van der Waals surface area contributed by atoms with E-state index in [4.69, 9.17) is 4.74 Å². The summed E-state index contributed by atoms with van der Waals surface area (Å²) >= 11 is 1.00. The molecule has 0 aromatic heterocycles. The molecule has 0 fully saturated rings. The number of rotatable bonds is 2. The second kappa shape index (κ2) is 5.66. The summed E-state index contributed by atoms with van der Waals surface area (Å²) in [6.45, 7) is 0. The van der Waals surface area contributed by atoms with E-state index >= 15 is 0 Å². The van der Waals surface area contributed by atoms with Crippen molar-refractivity contribution >= 4 is 28.6 Å². The quantitative estimate of drug-likeness (QED) is 0.855. The molecule has 9 heteroatoms. The summed E-state index contributed by atoms with van der Waals surface area (Å²) in [5, 5.41) is 2.03. The second-order valence-electron chi connectivity index (χ2n) is 5.67. The van der Waals surface area contributed by atoms with Crippen LogP contribution < -0.4 is 15.0 Å². The summed E-state index contributed by atoms with van der Waals surface area (Å²) in [7, 11) is 1.49. The Kier molecular flexibility index (Phi) is 3.65. The molecule has 0 saturated carbocycles. The van der Waals surface area contributed by atoms with E-state index in [9.17, 15) is 18.0 Å². The fourth-order valence-corrected chi connectivity index (χ4v) is 3.99. The highest BCUT2D eigenvalue weighted by Gasteiger charge is 2.61. The normalized spacial score (nSPS) is 21.6. The van der Waals surface area contributed by atoms with Crippen LogP contribution in [0.1, 0.15) is 5.56 Å². The second-order valence-corrected chi connectivity index (χ2v) is 6.68. The van der Waals surface area contributed by atoms with Crippen LogP contribution in [0.2, 0.25) is 0 Å². The Morgan fingerprint density at radius 1 is 1.19 bits per heavy atom. The Labute approximate surface area is 150 Å². The summed E-state index contributed by atoms with van der Waals surface area (Å²) in [6, 6.07) is 11.2. The standard InChI is InChI=1S/C17H12F3N3O2S/c1-25-11-7-8-12-13(9-11)26-15-22-16(17(18,19)20,21-14(24)23(12)15)10-5-3-2-4-6-10/h2-9H,1H3,(H,21,24)/t16-/m0/s1. The molecule has 0 saturated heterocycles. The van der Waals surface area contributed by atoms with E-state index in [1.54, 1.807) is 24.3 Å². The number of hydrogen-bond acceptors (Lipinski definition) is 4. The average molecular weight is 379 g/mol. The van der Waals surface area contributed by atoms with Crippen LogP contribution in [0.5, 0.6) is 5.75 Å². The molecule has 5 nitrogen and oxygen atoms in total. The first-order valence-electron chi connectivity index (χ1n) is 7.56. The zero-order valence-electron chi connectivity index (χ0n) is 13.4. The van der Waals surface area contributed by atoms with E-state index in [-0.39, 0.29) is 10.7 Å². The minimum Gasteiger partial charge on any atom is -0.497 e. The van der Waals surface area contributed by atoms with E-state index in [0.29, 0.717) is 16.3 Å². The number of halogens is 3. The van der Waals surface area contributed by atoms with E-state index in [2.05, 4.69) is 10.3 Å². The molecule has 2 aliphatic rings. The van der Waals surface area contributed by atoms with Crippen molar-refractivity contribution in [2.45, 2.75) is 16.7 Å². The largest absolute Gasteiger partial charge is 0.497 e. The number of amides is 2. The van der Waals surface area contributed by atoms with Gasteiger partial charge in [-0.1, -0.05) is 30.3 Å². The average Bonchev–Trinajstić information content (AvgIpc) is 2.98. The maximum Gasteiger partial charge on any atom is 0.436 e. The van der Waals surface area contributed by atoms with Crippen molar-refractivity contribution in [1.29, 1.82) is 0 Å². The van der Waals surface area contributed by atoms with E-state index < -0.39 is 17.9 Å². The van der Waals surface area contributed by atoms with Gasteiger partial charge < -0.3 is 10.1 Å². The van der Waals surface area contributed by atoms with Crippen LogP contribution in [0, 0.1) is 0 Å². The molecule has 2 aliphatic heterocycles. The van der Waals surface area contributed by atoms with Crippen molar-refractivity contribution in [3.8, 4) is 5.75 Å². The van der Waals surface area contributed by atoms with Gasteiger partial charge in [-0.05, 0) is 30.0 Å². The number of nitrogens with zero attached hydrogens (tertiary/aromatic N) is 2. The van der Waals surface area contributed by atoms with Crippen LogP contribution in [0.4, 0.5) is 23.7 Å². The number of anilines is 1. The van der Waals surface area contributed by atoms with Crippen molar-refractivity contribution in [1.82, 2.24) is 5.32 Å².